The second-order valence-electron chi connectivity index (χ2n) is 4.76. The number of ether oxygens (including phenoxy) is 2. The maximum absolute atomic E-state index is 11.7. The number of benzene rings is 1. The molecule has 0 heterocycles. The lowest BCUT2D eigenvalue weighted by molar-refractivity contribution is -0.150. The molecule has 1 aromatic rings. The number of esters is 1. The molecule has 20 heavy (non-hydrogen) atoms. The third-order valence-electron chi connectivity index (χ3n) is 2.60. The third kappa shape index (κ3) is 6.01. The zero-order valence-electron chi connectivity index (χ0n) is 11.8. The molecule has 0 fully saturated rings. The Labute approximate surface area is 118 Å². The van der Waals surface area contributed by atoms with Crippen molar-refractivity contribution in [3.8, 4) is 5.75 Å². The van der Waals surface area contributed by atoms with Gasteiger partial charge in [-0.3, -0.25) is 4.79 Å². The number of hydrogen-bond acceptors (Lipinski definition) is 6. The van der Waals surface area contributed by atoms with Crippen LogP contribution in [0.15, 0.2) is 24.3 Å². The number of carbonyl (C=O) groups excluding carboxylic acids is 1. The maximum atomic E-state index is 11.7. The van der Waals surface area contributed by atoms with Crippen LogP contribution in [-0.2, 0) is 20.7 Å². The minimum absolute atomic E-state index is 0.115. The maximum Gasteiger partial charge on any atom is 0.323 e. The van der Waals surface area contributed by atoms with E-state index in [1.165, 1.54) is 0 Å². The van der Waals surface area contributed by atoms with Crippen molar-refractivity contribution in [2.24, 2.45) is 11.5 Å². The highest BCUT2D eigenvalue weighted by Gasteiger charge is 2.17. The summed E-state index contributed by atoms with van der Waals surface area (Å²) in [6.45, 7) is 3.58. The number of phenolic OH excluding ortho intramolecular Hbond substituents is 1. The molecule has 5 N–H and O–H groups in total. The van der Waals surface area contributed by atoms with Gasteiger partial charge < -0.3 is 26.0 Å². The van der Waals surface area contributed by atoms with Gasteiger partial charge in [-0.2, -0.15) is 0 Å². The first-order valence-electron chi connectivity index (χ1n) is 6.49. The van der Waals surface area contributed by atoms with E-state index >= 15 is 0 Å². The molecule has 0 spiro atoms. The summed E-state index contributed by atoms with van der Waals surface area (Å²) in [7, 11) is 0. The SMILES string of the molecule is CC(N)OC(C)COC(=O)C(N)Cc1ccc(O)cc1. The van der Waals surface area contributed by atoms with Gasteiger partial charge in [0.15, 0.2) is 0 Å². The first-order chi connectivity index (χ1) is 9.38. The normalized spacial score (nSPS) is 15.4. The van der Waals surface area contributed by atoms with E-state index in [1.54, 1.807) is 38.1 Å². The summed E-state index contributed by atoms with van der Waals surface area (Å²) in [6.07, 6.45) is -0.337. The van der Waals surface area contributed by atoms with Crippen molar-refractivity contribution in [1.29, 1.82) is 0 Å². The van der Waals surface area contributed by atoms with E-state index in [9.17, 15) is 9.90 Å². The molecule has 0 saturated carbocycles. The number of aromatic hydroxyl groups is 1. The van der Waals surface area contributed by atoms with Crippen LogP contribution in [0, 0.1) is 0 Å². The van der Waals surface area contributed by atoms with E-state index in [-0.39, 0.29) is 18.5 Å². The predicted octanol–water partition coefficient (Wildman–Crippen LogP) is 0.515. The predicted molar refractivity (Wildman–Crippen MR) is 74.9 cm³/mol. The number of hydrogen-bond donors (Lipinski definition) is 3. The van der Waals surface area contributed by atoms with Crippen LogP contribution in [-0.4, -0.2) is 36.1 Å². The molecule has 1 aromatic carbocycles. The van der Waals surface area contributed by atoms with Gasteiger partial charge in [-0.05, 0) is 38.0 Å². The van der Waals surface area contributed by atoms with E-state index < -0.39 is 18.2 Å². The van der Waals surface area contributed by atoms with Gasteiger partial charge in [0.2, 0.25) is 0 Å². The number of phenols is 1. The fraction of sp³-hybridized carbons (Fsp3) is 0.500. The van der Waals surface area contributed by atoms with Crippen LogP contribution < -0.4 is 11.5 Å². The Morgan fingerprint density at radius 1 is 1.25 bits per heavy atom. The van der Waals surface area contributed by atoms with Gasteiger partial charge >= 0.3 is 5.97 Å². The monoisotopic (exact) mass is 282 g/mol. The zero-order chi connectivity index (χ0) is 15.1. The molecule has 0 radical (unpaired) electrons. The fourth-order valence-corrected chi connectivity index (χ4v) is 1.68. The summed E-state index contributed by atoms with van der Waals surface area (Å²) in [5.74, 6) is -0.315. The van der Waals surface area contributed by atoms with Crippen LogP contribution in [0.3, 0.4) is 0 Å². The Hall–Kier alpha value is -1.63. The topological polar surface area (TPSA) is 108 Å². The van der Waals surface area contributed by atoms with Crippen LogP contribution in [0.1, 0.15) is 19.4 Å². The van der Waals surface area contributed by atoms with Gasteiger partial charge in [-0.15, -0.1) is 0 Å². The molecule has 0 amide bonds. The smallest absolute Gasteiger partial charge is 0.323 e. The molecule has 112 valence electrons. The van der Waals surface area contributed by atoms with Gasteiger partial charge in [-0.1, -0.05) is 12.1 Å². The largest absolute Gasteiger partial charge is 0.508 e. The Morgan fingerprint density at radius 2 is 1.85 bits per heavy atom. The molecule has 0 aliphatic rings. The Bertz CT molecular complexity index is 420. The highest BCUT2D eigenvalue weighted by Crippen LogP contribution is 2.11. The van der Waals surface area contributed by atoms with Gasteiger partial charge in [0, 0.05) is 0 Å². The molecule has 6 heteroatoms. The van der Waals surface area contributed by atoms with Gasteiger partial charge in [0.05, 0.1) is 6.10 Å². The van der Waals surface area contributed by atoms with Crippen molar-refractivity contribution in [2.75, 3.05) is 6.61 Å². The van der Waals surface area contributed by atoms with E-state index in [2.05, 4.69) is 0 Å². The van der Waals surface area contributed by atoms with Crippen molar-refractivity contribution >= 4 is 5.97 Å². The van der Waals surface area contributed by atoms with Crippen molar-refractivity contribution in [1.82, 2.24) is 0 Å². The highest BCUT2D eigenvalue weighted by atomic mass is 16.6. The molecule has 0 aliphatic carbocycles. The summed E-state index contributed by atoms with van der Waals surface area (Å²) >= 11 is 0. The second kappa shape index (κ2) is 7.84. The molecule has 0 aliphatic heterocycles. The Kier molecular flexibility index (Phi) is 6.44. The lowest BCUT2D eigenvalue weighted by Gasteiger charge is -2.17. The van der Waals surface area contributed by atoms with Crippen molar-refractivity contribution in [3.05, 3.63) is 29.8 Å². The molecule has 0 aromatic heterocycles. The minimum atomic E-state index is -0.748. The lowest BCUT2D eigenvalue weighted by Crippen LogP contribution is -2.36. The Balaban J connectivity index is 2.37. The van der Waals surface area contributed by atoms with Gasteiger partial charge in [-0.25, -0.2) is 0 Å². The fourth-order valence-electron chi connectivity index (χ4n) is 1.68. The molecule has 3 unspecified atom stereocenters. The van der Waals surface area contributed by atoms with Crippen molar-refractivity contribution in [3.63, 3.8) is 0 Å². The second-order valence-corrected chi connectivity index (χ2v) is 4.76. The van der Waals surface area contributed by atoms with Crippen LogP contribution in [0.2, 0.25) is 0 Å². The number of rotatable bonds is 7. The standard InChI is InChI=1S/C14H22N2O4/c1-9(20-10(2)15)8-19-14(18)13(16)7-11-3-5-12(17)6-4-11/h3-6,9-10,13,17H,7-8,15-16H2,1-2H3. The quantitative estimate of drug-likeness (QED) is 0.497. The molecule has 3 atom stereocenters. The van der Waals surface area contributed by atoms with Crippen molar-refractivity contribution in [2.45, 2.75) is 38.6 Å². The molecule has 1 rings (SSSR count). The number of carbonyl (C=O) groups is 1. The average Bonchev–Trinajstić information content (AvgIpc) is 2.37. The summed E-state index contributed by atoms with van der Waals surface area (Å²) < 4.78 is 10.3. The summed E-state index contributed by atoms with van der Waals surface area (Å²) in [5, 5.41) is 9.17. The molecular formula is C14H22N2O4. The Morgan fingerprint density at radius 3 is 2.40 bits per heavy atom. The minimum Gasteiger partial charge on any atom is -0.508 e. The molecule has 0 saturated heterocycles. The van der Waals surface area contributed by atoms with E-state index in [1.807, 2.05) is 0 Å². The van der Waals surface area contributed by atoms with E-state index in [4.69, 9.17) is 20.9 Å². The molecule has 6 nitrogen and oxygen atoms in total. The summed E-state index contributed by atoms with van der Waals surface area (Å²) in [5.41, 5.74) is 12.1. The van der Waals surface area contributed by atoms with E-state index in [0.29, 0.717) is 6.42 Å². The zero-order valence-corrected chi connectivity index (χ0v) is 11.8. The lowest BCUT2D eigenvalue weighted by atomic mass is 10.1. The van der Waals surface area contributed by atoms with Gasteiger partial charge in [0.1, 0.15) is 24.6 Å². The third-order valence-corrected chi connectivity index (χ3v) is 2.60. The summed E-state index contributed by atoms with van der Waals surface area (Å²) in [6, 6.07) is 5.77. The molecular weight excluding hydrogens is 260 g/mol. The van der Waals surface area contributed by atoms with Crippen LogP contribution in [0.5, 0.6) is 5.75 Å². The van der Waals surface area contributed by atoms with Crippen LogP contribution >= 0.6 is 0 Å². The number of nitrogens with two attached hydrogens (primary N) is 2. The highest BCUT2D eigenvalue weighted by molar-refractivity contribution is 5.75. The average molecular weight is 282 g/mol. The first-order valence-corrected chi connectivity index (χ1v) is 6.49. The first kappa shape index (κ1) is 16.4. The van der Waals surface area contributed by atoms with E-state index in [0.717, 1.165) is 5.56 Å². The van der Waals surface area contributed by atoms with Crippen LogP contribution in [0.25, 0.3) is 0 Å². The van der Waals surface area contributed by atoms with Gasteiger partial charge in [0.25, 0.3) is 0 Å². The summed E-state index contributed by atoms with van der Waals surface area (Å²) in [4.78, 5) is 11.7. The molecule has 0 bridgehead atoms. The van der Waals surface area contributed by atoms with Crippen molar-refractivity contribution < 1.29 is 19.4 Å². The van der Waals surface area contributed by atoms with Crippen LogP contribution in [0.4, 0.5) is 0 Å².